The number of carbonyl (C=O) groups excluding carboxylic acids is 2. The fraction of sp³-hybridized carbons (Fsp3) is 0.500. The Kier molecular flexibility index (Phi) is 5.77. The van der Waals surface area contributed by atoms with Crippen molar-refractivity contribution in [3.8, 4) is 0 Å². The third kappa shape index (κ3) is 3.85. The summed E-state index contributed by atoms with van der Waals surface area (Å²) in [4.78, 5) is 32.4. The van der Waals surface area contributed by atoms with Gasteiger partial charge in [0.1, 0.15) is 0 Å². The standard InChI is InChI=1S/C24H30N2O2S/c1-16(2)14-26-22(20-11-7-13-29-20)21(18-9-4-5-10-19(18)23(26)27)24(28)25-12-6-8-17(3)15-25/h4-5,7,9-11,13,16-17,21-22H,6,8,12,14-15H2,1-3H3/t17-,21+,22-/m1/s1. The first-order chi connectivity index (χ1) is 14.0. The molecule has 1 aromatic heterocycles. The zero-order valence-electron chi connectivity index (χ0n) is 17.5. The van der Waals surface area contributed by atoms with Crippen LogP contribution in [0.4, 0.5) is 0 Å². The molecule has 4 nitrogen and oxygen atoms in total. The summed E-state index contributed by atoms with van der Waals surface area (Å²) < 4.78 is 0. The van der Waals surface area contributed by atoms with Crippen molar-refractivity contribution < 1.29 is 9.59 Å². The molecule has 0 spiro atoms. The Morgan fingerprint density at radius 2 is 2.00 bits per heavy atom. The third-order valence-electron chi connectivity index (χ3n) is 6.07. The van der Waals surface area contributed by atoms with E-state index >= 15 is 0 Å². The summed E-state index contributed by atoms with van der Waals surface area (Å²) in [6.07, 6.45) is 2.23. The molecule has 0 N–H and O–H groups in total. The Morgan fingerprint density at radius 3 is 2.69 bits per heavy atom. The van der Waals surface area contributed by atoms with Gasteiger partial charge in [0.15, 0.2) is 0 Å². The highest BCUT2D eigenvalue weighted by Gasteiger charge is 2.46. The van der Waals surface area contributed by atoms with Gasteiger partial charge in [0.2, 0.25) is 5.91 Å². The third-order valence-corrected chi connectivity index (χ3v) is 7.01. The second-order valence-electron chi connectivity index (χ2n) is 8.91. The van der Waals surface area contributed by atoms with Crippen LogP contribution < -0.4 is 0 Å². The number of rotatable bonds is 4. The average Bonchev–Trinajstić information content (AvgIpc) is 3.23. The highest BCUT2D eigenvalue weighted by molar-refractivity contribution is 7.10. The molecular weight excluding hydrogens is 380 g/mol. The van der Waals surface area contributed by atoms with Crippen molar-refractivity contribution in [3.05, 3.63) is 57.8 Å². The van der Waals surface area contributed by atoms with E-state index in [9.17, 15) is 9.59 Å². The molecule has 0 bridgehead atoms. The zero-order valence-corrected chi connectivity index (χ0v) is 18.3. The van der Waals surface area contributed by atoms with Crippen LogP contribution in [0.2, 0.25) is 0 Å². The molecule has 0 aliphatic carbocycles. The predicted molar refractivity (Wildman–Crippen MR) is 117 cm³/mol. The van der Waals surface area contributed by atoms with Crippen molar-refractivity contribution in [2.24, 2.45) is 11.8 Å². The minimum absolute atomic E-state index is 0.0452. The lowest BCUT2D eigenvalue weighted by molar-refractivity contribution is -0.136. The van der Waals surface area contributed by atoms with Gasteiger partial charge < -0.3 is 9.80 Å². The maximum absolute atomic E-state index is 13.9. The quantitative estimate of drug-likeness (QED) is 0.716. The van der Waals surface area contributed by atoms with Crippen LogP contribution in [-0.2, 0) is 4.79 Å². The Bertz CT molecular complexity index is 877. The van der Waals surface area contributed by atoms with Gasteiger partial charge in [0, 0.05) is 30.1 Å². The van der Waals surface area contributed by atoms with Gasteiger partial charge in [-0.05, 0) is 47.8 Å². The Balaban J connectivity index is 1.82. The van der Waals surface area contributed by atoms with E-state index in [0.29, 0.717) is 23.9 Å². The predicted octanol–water partition coefficient (Wildman–Crippen LogP) is 4.94. The number of hydrogen-bond acceptors (Lipinski definition) is 3. The molecule has 1 saturated heterocycles. The van der Waals surface area contributed by atoms with E-state index in [-0.39, 0.29) is 23.8 Å². The molecule has 2 amide bonds. The summed E-state index contributed by atoms with van der Waals surface area (Å²) in [5.41, 5.74) is 1.57. The van der Waals surface area contributed by atoms with E-state index in [1.807, 2.05) is 45.5 Å². The van der Waals surface area contributed by atoms with Crippen molar-refractivity contribution in [1.82, 2.24) is 9.80 Å². The number of thiophene rings is 1. The highest BCUT2D eigenvalue weighted by Crippen LogP contribution is 2.45. The molecule has 2 aliphatic heterocycles. The summed E-state index contributed by atoms with van der Waals surface area (Å²) in [5, 5.41) is 2.04. The SMILES string of the molecule is CC(C)CN1C(=O)c2ccccc2[C@H](C(=O)N2CCC[C@@H](C)C2)[C@H]1c1cccs1. The van der Waals surface area contributed by atoms with E-state index in [4.69, 9.17) is 0 Å². The average molecular weight is 411 g/mol. The molecule has 5 heteroatoms. The van der Waals surface area contributed by atoms with Crippen LogP contribution in [-0.4, -0.2) is 41.2 Å². The largest absolute Gasteiger partial charge is 0.342 e. The Hall–Kier alpha value is -2.14. The summed E-state index contributed by atoms with van der Waals surface area (Å²) in [5.74, 6) is 0.733. The van der Waals surface area contributed by atoms with Crippen molar-refractivity contribution in [2.75, 3.05) is 19.6 Å². The maximum Gasteiger partial charge on any atom is 0.254 e. The van der Waals surface area contributed by atoms with Gasteiger partial charge in [-0.25, -0.2) is 0 Å². The van der Waals surface area contributed by atoms with E-state index in [1.54, 1.807) is 11.3 Å². The minimum Gasteiger partial charge on any atom is -0.342 e. The van der Waals surface area contributed by atoms with Gasteiger partial charge in [0.25, 0.3) is 5.91 Å². The molecule has 3 atom stereocenters. The Morgan fingerprint density at radius 1 is 1.21 bits per heavy atom. The maximum atomic E-state index is 13.9. The number of benzene rings is 1. The molecule has 29 heavy (non-hydrogen) atoms. The van der Waals surface area contributed by atoms with Crippen LogP contribution in [0, 0.1) is 11.8 Å². The number of amides is 2. The first-order valence-electron chi connectivity index (χ1n) is 10.7. The molecule has 0 unspecified atom stereocenters. The fourth-order valence-electron chi connectivity index (χ4n) is 4.82. The van der Waals surface area contributed by atoms with Crippen LogP contribution in [0.3, 0.4) is 0 Å². The van der Waals surface area contributed by atoms with E-state index < -0.39 is 0 Å². The summed E-state index contributed by atoms with van der Waals surface area (Å²) >= 11 is 1.64. The van der Waals surface area contributed by atoms with Crippen molar-refractivity contribution in [3.63, 3.8) is 0 Å². The summed E-state index contributed by atoms with van der Waals surface area (Å²) in [7, 11) is 0. The van der Waals surface area contributed by atoms with Crippen molar-refractivity contribution in [1.29, 1.82) is 0 Å². The van der Waals surface area contributed by atoms with Crippen LogP contribution in [0.25, 0.3) is 0 Å². The molecule has 2 aromatic rings. The van der Waals surface area contributed by atoms with Crippen LogP contribution in [0.5, 0.6) is 0 Å². The molecule has 154 valence electrons. The molecule has 1 fully saturated rings. The second-order valence-corrected chi connectivity index (χ2v) is 9.89. The van der Waals surface area contributed by atoms with Gasteiger partial charge >= 0.3 is 0 Å². The van der Waals surface area contributed by atoms with Gasteiger partial charge in [-0.1, -0.05) is 45.0 Å². The van der Waals surface area contributed by atoms with E-state index in [2.05, 4.69) is 26.8 Å². The van der Waals surface area contributed by atoms with Crippen molar-refractivity contribution >= 4 is 23.2 Å². The number of hydrogen-bond donors (Lipinski definition) is 0. The molecule has 2 aliphatic rings. The summed E-state index contributed by atoms with van der Waals surface area (Å²) in [6, 6.07) is 11.6. The normalized spacial score (nSPS) is 24.7. The number of piperidine rings is 1. The molecule has 0 saturated carbocycles. The first kappa shape index (κ1) is 20.1. The number of likely N-dealkylation sites (tertiary alicyclic amines) is 1. The monoisotopic (exact) mass is 410 g/mol. The van der Waals surface area contributed by atoms with Crippen LogP contribution in [0.15, 0.2) is 41.8 Å². The second kappa shape index (κ2) is 8.31. The molecule has 1 aromatic carbocycles. The topological polar surface area (TPSA) is 40.6 Å². The van der Waals surface area contributed by atoms with Gasteiger partial charge in [0.05, 0.1) is 12.0 Å². The fourth-order valence-corrected chi connectivity index (χ4v) is 5.69. The lowest BCUT2D eigenvalue weighted by Crippen LogP contribution is -2.50. The number of nitrogens with zero attached hydrogens (tertiary/aromatic N) is 2. The molecule has 0 radical (unpaired) electrons. The molecular formula is C24H30N2O2S. The van der Waals surface area contributed by atoms with Crippen molar-refractivity contribution in [2.45, 2.75) is 45.6 Å². The molecule has 4 rings (SSSR count). The number of carbonyl (C=O) groups is 2. The summed E-state index contributed by atoms with van der Waals surface area (Å²) in [6.45, 7) is 8.75. The minimum atomic E-state index is -0.341. The highest BCUT2D eigenvalue weighted by atomic mass is 32.1. The first-order valence-corrected chi connectivity index (χ1v) is 11.6. The van der Waals surface area contributed by atoms with Gasteiger partial charge in [-0.2, -0.15) is 0 Å². The lowest BCUT2D eigenvalue weighted by Gasteiger charge is -2.44. The molecule has 3 heterocycles. The lowest BCUT2D eigenvalue weighted by atomic mass is 9.80. The van der Waals surface area contributed by atoms with Gasteiger partial charge in [-0.15, -0.1) is 11.3 Å². The van der Waals surface area contributed by atoms with Crippen LogP contribution in [0.1, 0.15) is 66.4 Å². The van der Waals surface area contributed by atoms with Crippen LogP contribution >= 0.6 is 11.3 Å². The van der Waals surface area contributed by atoms with Gasteiger partial charge in [-0.3, -0.25) is 9.59 Å². The van der Waals surface area contributed by atoms with E-state index in [0.717, 1.165) is 30.0 Å². The smallest absolute Gasteiger partial charge is 0.254 e. The zero-order chi connectivity index (χ0) is 20.5. The number of fused-ring (bicyclic) bond motifs is 1. The Labute approximate surface area is 177 Å². The van der Waals surface area contributed by atoms with E-state index in [1.165, 1.54) is 6.42 Å².